The molecular weight excluding hydrogens is 266 g/mol. The Morgan fingerprint density at radius 2 is 2.00 bits per heavy atom. The van der Waals surface area contributed by atoms with Crippen molar-refractivity contribution in [1.29, 1.82) is 0 Å². The lowest BCUT2D eigenvalue weighted by atomic mass is 10.3. The van der Waals surface area contributed by atoms with Crippen molar-refractivity contribution >= 4 is 5.91 Å². The monoisotopic (exact) mass is 291 g/mol. The quantitative estimate of drug-likeness (QED) is 0.756. The zero-order valence-corrected chi connectivity index (χ0v) is 12.8. The second kappa shape index (κ2) is 8.64. The van der Waals surface area contributed by atoms with Crippen LogP contribution in [0.4, 0.5) is 0 Å². The first-order valence-electron chi connectivity index (χ1n) is 7.60. The summed E-state index contributed by atoms with van der Waals surface area (Å²) < 4.78 is 5.65. The van der Waals surface area contributed by atoms with Gasteiger partial charge in [-0.15, -0.1) is 0 Å². The molecule has 0 spiro atoms. The smallest absolute Gasteiger partial charge is 0.236 e. The van der Waals surface area contributed by atoms with Crippen molar-refractivity contribution < 1.29 is 9.53 Å². The molecule has 1 aromatic carbocycles. The number of carbonyl (C=O) groups excluding carboxylic acids is 1. The van der Waals surface area contributed by atoms with Crippen molar-refractivity contribution in [3.63, 3.8) is 0 Å². The number of hydrogen-bond acceptors (Lipinski definition) is 4. The molecule has 1 saturated heterocycles. The Labute approximate surface area is 126 Å². The maximum Gasteiger partial charge on any atom is 0.236 e. The maximum absolute atomic E-state index is 12.1. The van der Waals surface area contributed by atoms with Gasteiger partial charge in [-0.2, -0.15) is 0 Å². The fourth-order valence-corrected chi connectivity index (χ4v) is 2.37. The molecule has 1 amide bonds. The Morgan fingerprint density at radius 1 is 1.29 bits per heavy atom. The van der Waals surface area contributed by atoms with E-state index in [1.54, 1.807) is 0 Å². The van der Waals surface area contributed by atoms with Gasteiger partial charge >= 0.3 is 0 Å². The van der Waals surface area contributed by atoms with E-state index in [2.05, 4.69) is 10.2 Å². The molecule has 1 fully saturated rings. The van der Waals surface area contributed by atoms with E-state index in [1.165, 1.54) is 0 Å². The van der Waals surface area contributed by atoms with Crippen molar-refractivity contribution in [2.24, 2.45) is 0 Å². The van der Waals surface area contributed by atoms with Crippen LogP contribution in [0.2, 0.25) is 0 Å². The number of benzene rings is 1. The van der Waals surface area contributed by atoms with Gasteiger partial charge in [0.2, 0.25) is 5.91 Å². The molecule has 0 unspecified atom stereocenters. The molecule has 0 bridgehead atoms. The van der Waals surface area contributed by atoms with E-state index in [9.17, 15) is 4.79 Å². The highest BCUT2D eigenvalue weighted by Crippen LogP contribution is 2.08. The summed E-state index contributed by atoms with van der Waals surface area (Å²) in [6.07, 6.45) is 0.917. The van der Waals surface area contributed by atoms with Crippen molar-refractivity contribution in [2.75, 3.05) is 52.9 Å². The molecule has 2 rings (SSSR count). The van der Waals surface area contributed by atoms with Crippen LogP contribution in [0.3, 0.4) is 0 Å². The number of ether oxygens (including phenoxy) is 1. The number of rotatable bonds is 7. The number of nitrogens with zero attached hydrogens (tertiary/aromatic N) is 2. The maximum atomic E-state index is 12.1. The minimum atomic E-state index is 0.225. The van der Waals surface area contributed by atoms with Gasteiger partial charge in [0.05, 0.1) is 13.2 Å². The number of nitrogens with one attached hydrogen (secondary N) is 1. The molecule has 5 heteroatoms. The fourth-order valence-electron chi connectivity index (χ4n) is 2.37. The Hall–Kier alpha value is -1.59. The normalized spacial score (nSPS) is 15.2. The Balaban J connectivity index is 1.58. The zero-order chi connectivity index (χ0) is 14.9. The first kappa shape index (κ1) is 15.8. The third-order valence-electron chi connectivity index (χ3n) is 3.57. The third kappa shape index (κ3) is 5.73. The Kier molecular flexibility index (Phi) is 6.50. The molecule has 0 saturated carbocycles. The topological polar surface area (TPSA) is 44.8 Å². The molecule has 1 aromatic rings. The van der Waals surface area contributed by atoms with Crippen molar-refractivity contribution in [2.45, 2.75) is 6.42 Å². The fraction of sp³-hybridized carbons (Fsp3) is 0.562. The number of piperazine rings is 1. The lowest BCUT2D eigenvalue weighted by Crippen LogP contribution is -2.49. The minimum absolute atomic E-state index is 0.225. The van der Waals surface area contributed by atoms with Crippen LogP contribution in [0.5, 0.6) is 5.75 Å². The second-order valence-electron chi connectivity index (χ2n) is 5.38. The summed E-state index contributed by atoms with van der Waals surface area (Å²) in [6, 6.07) is 9.82. The molecule has 0 aliphatic carbocycles. The SMILES string of the molecule is CN(CCCOc1ccccc1)CC(=O)N1CCNCC1. The predicted molar refractivity (Wildman–Crippen MR) is 83.5 cm³/mol. The average molecular weight is 291 g/mol. The predicted octanol–water partition coefficient (Wildman–Crippen LogP) is 0.819. The summed E-state index contributed by atoms with van der Waals surface area (Å²) >= 11 is 0. The summed E-state index contributed by atoms with van der Waals surface area (Å²) in [5, 5.41) is 3.26. The van der Waals surface area contributed by atoms with E-state index in [1.807, 2.05) is 42.3 Å². The van der Waals surface area contributed by atoms with E-state index in [0.29, 0.717) is 13.2 Å². The summed E-state index contributed by atoms with van der Waals surface area (Å²) in [5.41, 5.74) is 0. The first-order valence-corrected chi connectivity index (χ1v) is 7.60. The number of amides is 1. The van der Waals surface area contributed by atoms with Crippen LogP contribution in [0.1, 0.15) is 6.42 Å². The molecular formula is C16H25N3O2. The highest BCUT2D eigenvalue weighted by Gasteiger charge is 2.17. The van der Waals surface area contributed by atoms with Gasteiger partial charge in [-0.3, -0.25) is 9.69 Å². The standard InChI is InChI=1S/C16H25N3O2/c1-18(14-16(20)19-11-8-17-9-12-19)10-5-13-21-15-6-3-2-4-7-15/h2-4,6-7,17H,5,8-14H2,1H3. The van der Waals surface area contributed by atoms with Crippen LogP contribution in [-0.4, -0.2) is 68.6 Å². The van der Waals surface area contributed by atoms with E-state index in [4.69, 9.17) is 4.74 Å². The number of para-hydroxylation sites is 1. The zero-order valence-electron chi connectivity index (χ0n) is 12.8. The van der Waals surface area contributed by atoms with Crippen molar-refractivity contribution in [1.82, 2.24) is 15.1 Å². The van der Waals surface area contributed by atoms with Gasteiger partial charge < -0.3 is 15.0 Å². The van der Waals surface area contributed by atoms with E-state index >= 15 is 0 Å². The molecule has 21 heavy (non-hydrogen) atoms. The van der Waals surface area contributed by atoms with Crippen molar-refractivity contribution in [3.05, 3.63) is 30.3 Å². The van der Waals surface area contributed by atoms with E-state index in [0.717, 1.165) is 44.9 Å². The molecule has 0 aromatic heterocycles. The van der Waals surface area contributed by atoms with Crippen molar-refractivity contribution in [3.8, 4) is 5.75 Å². The largest absolute Gasteiger partial charge is 0.494 e. The molecule has 116 valence electrons. The lowest BCUT2D eigenvalue weighted by Gasteiger charge is -2.29. The number of carbonyl (C=O) groups is 1. The molecule has 0 radical (unpaired) electrons. The van der Waals surface area contributed by atoms with Crippen LogP contribution in [0.25, 0.3) is 0 Å². The van der Waals surface area contributed by atoms with Gasteiger partial charge in [-0.1, -0.05) is 18.2 Å². The Morgan fingerprint density at radius 3 is 2.71 bits per heavy atom. The van der Waals surface area contributed by atoms with E-state index in [-0.39, 0.29) is 5.91 Å². The first-order chi connectivity index (χ1) is 10.3. The average Bonchev–Trinajstić information content (AvgIpc) is 2.53. The summed E-state index contributed by atoms with van der Waals surface area (Å²) in [5.74, 6) is 1.13. The van der Waals surface area contributed by atoms with Crippen LogP contribution in [0, 0.1) is 0 Å². The summed E-state index contributed by atoms with van der Waals surface area (Å²) in [6.45, 7) is 5.49. The van der Waals surface area contributed by atoms with Crippen LogP contribution >= 0.6 is 0 Å². The molecule has 0 atom stereocenters. The molecule has 1 heterocycles. The van der Waals surface area contributed by atoms with Crippen LogP contribution in [-0.2, 0) is 4.79 Å². The minimum Gasteiger partial charge on any atom is -0.494 e. The molecule has 1 aliphatic heterocycles. The van der Waals surface area contributed by atoms with Gasteiger partial charge in [-0.05, 0) is 25.6 Å². The van der Waals surface area contributed by atoms with Gasteiger partial charge in [0.1, 0.15) is 5.75 Å². The summed E-state index contributed by atoms with van der Waals surface area (Å²) in [7, 11) is 1.99. The third-order valence-corrected chi connectivity index (χ3v) is 3.57. The lowest BCUT2D eigenvalue weighted by molar-refractivity contribution is -0.132. The van der Waals surface area contributed by atoms with Crippen LogP contribution < -0.4 is 10.1 Å². The molecule has 1 aliphatic rings. The highest BCUT2D eigenvalue weighted by molar-refractivity contribution is 5.78. The summed E-state index contributed by atoms with van der Waals surface area (Å²) in [4.78, 5) is 16.1. The highest BCUT2D eigenvalue weighted by atomic mass is 16.5. The van der Waals surface area contributed by atoms with Gasteiger partial charge in [0.15, 0.2) is 0 Å². The molecule has 1 N–H and O–H groups in total. The van der Waals surface area contributed by atoms with Gasteiger partial charge in [-0.25, -0.2) is 0 Å². The van der Waals surface area contributed by atoms with Gasteiger partial charge in [0.25, 0.3) is 0 Å². The number of likely N-dealkylation sites (N-methyl/N-ethyl adjacent to an activating group) is 1. The van der Waals surface area contributed by atoms with Crippen LogP contribution in [0.15, 0.2) is 30.3 Å². The van der Waals surface area contributed by atoms with Gasteiger partial charge in [0, 0.05) is 32.7 Å². The van der Waals surface area contributed by atoms with E-state index < -0.39 is 0 Å². The number of hydrogen-bond donors (Lipinski definition) is 1. The second-order valence-corrected chi connectivity index (χ2v) is 5.38. The Bertz CT molecular complexity index is 419. The molecule has 5 nitrogen and oxygen atoms in total.